The van der Waals surface area contributed by atoms with E-state index in [9.17, 15) is 9.59 Å². The second-order valence-electron chi connectivity index (χ2n) is 9.27. The van der Waals surface area contributed by atoms with Crippen molar-refractivity contribution in [3.63, 3.8) is 0 Å². The van der Waals surface area contributed by atoms with Crippen LogP contribution in [-0.4, -0.2) is 49.8 Å². The summed E-state index contributed by atoms with van der Waals surface area (Å²) in [5.74, 6) is 0.834. The fraction of sp³-hybridized carbons (Fsp3) is 0.156. The standard InChI is InChI=1S/C32H27IN2O6S/c1-38-24-13-11-23(12-14-24)35-31(37)27(34(32(35)42)18-29(36)40-3)16-20-15-26(33)30(28(17-20)39-2)41-19-22-9-6-8-21-7-4-5-10-25(21)22/h4-17H,18-19H2,1-3H3/b27-16-. The van der Waals surface area contributed by atoms with Crippen molar-refractivity contribution in [2.45, 2.75) is 6.61 Å². The molecule has 8 nitrogen and oxygen atoms in total. The number of rotatable bonds is 9. The molecule has 1 saturated heterocycles. The number of esters is 1. The molecule has 0 aliphatic carbocycles. The van der Waals surface area contributed by atoms with E-state index < -0.39 is 5.97 Å². The van der Waals surface area contributed by atoms with Crippen LogP contribution in [-0.2, 0) is 20.9 Å². The molecule has 214 valence electrons. The zero-order chi connectivity index (χ0) is 29.8. The minimum absolute atomic E-state index is 0.165. The number of carbonyl (C=O) groups is 2. The van der Waals surface area contributed by atoms with Crippen molar-refractivity contribution in [3.8, 4) is 17.2 Å². The highest BCUT2D eigenvalue weighted by Crippen LogP contribution is 2.37. The van der Waals surface area contributed by atoms with E-state index in [4.69, 9.17) is 31.2 Å². The number of halogens is 1. The molecule has 0 aromatic heterocycles. The van der Waals surface area contributed by atoms with Gasteiger partial charge in [0.2, 0.25) is 0 Å². The van der Waals surface area contributed by atoms with Crippen LogP contribution in [0.4, 0.5) is 5.69 Å². The maximum atomic E-state index is 13.7. The van der Waals surface area contributed by atoms with E-state index in [-0.39, 0.29) is 23.3 Å². The van der Waals surface area contributed by atoms with Gasteiger partial charge in [0.25, 0.3) is 5.91 Å². The van der Waals surface area contributed by atoms with Crippen molar-refractivity contribution in [3.05, 3.63) is 99.3 Å². The number of benzene rings is 4. The Balaban J connectivity index is 1.47. The molecular formula is C32H27IN2O6S. The normalized spacial score (nSPS) is 14.0. The molecule has 1 aliphatic heterocycles. The van der Waals surface area contributed by atoms with Gasteiger partial charge in [-0.05, 0) is 99.2 Å². The highest BCUT2D eigenvalue weighted by atomic mass is 127. The Morgan fingerprint density at radius 2 is 1.69 bits per heavy atom. The first-order valence-corrected chi connectivity index (χ1v) is 14.4. The molecule has 0 atom stereocenters. The Labute approximate surface area is 262 Å². The fourth-order valence-corrected chi connectivity index (χ4v) is 5.81. The van der Waals surface area contributed by atoms with Crippen LogP contribution in [0.25, 0.3) is 16.8 Å². The summed E-state index contributed by atoms with van der Waals surface area (Å²) in [5.41, 5.74) is 2.50. The van der Waals surface area contributed by atoms with Gasteiger partial charge in [0.05, 0.1) is 30.6 Å². The number of methoxy groups -OCH3 is 3. The third-order valence-corrected chi connectivity index (χ3v) is 7.99. The Bertz CT molecular complexity index is 1700. The van der Waals surface area contributed by atoms with E-state index in [2.05, 4.69) is 40.8 Å². The summed E-state index contributed by atoms with van der Waals surface area (Å²) in [6, 6.07) is 24.9. The lowest BCUT2D eigenvalue weighted by Crippen LogP contribution is -2.35. The Kier molecular flexibility index (Phi) is 8.93. The van der Waals surface area contributed by atoms with E-state index in [0.717, 1.165) is 19.9 Å². The fourth-order valence-electron chi connectivity index (χ4n) is 4.68. The molecule has 1 fully saturated rings. The summed E-state index contributed by atoms with van der Waals surface area (Å²) in [4.78, 5) is 28.8. The van der Waals surface area contributed by atoms with Crippen molar-refractivity contribution in [2.24, 2.45) is 0 Å². The van der Waals surface area contributed by atoms with Gasteiger partial charge >= 0.3 is 5.97 Å². The lowest BCUT2D eigenvalue weighted by Gasteiger charge is -2.19. The molecule has 0 spiro atoms. The molecule has 0 unspecified atom stereocenters. The van der Waals surface area contributed by atoms with Gasteiger partial charge in [-0.15, -0.1) is 0 Å². The molecule has 4 aromatic carbocycles. The maximum absolute atomic E-state index is 13.7. The quantitative estimate of drug-likeness (QED) is 0.0890. The molecule has 10 heteroatoms. The molecule has 4 aromatic rings. The van der Waals surface area contributed by atoms with E-state index in [0.29, 0.717) is 35.1 Å². The van der Waals surface area contributed by atoms with Crippen molar-refractivity contribution in [1.29, 1.82) is 0 Å². The average Bonchev–Trinajstić information content (AvgIpc) is 3.23. The number of hydrogen-bond donors (Lipinski definition) is 0. The summed E-state index contributed by atoms with van der Waals surface area (Å²) < 4.78 is 22.9. The van der Waals surface area contributed by atoms with Crippen molar-refractivity contribution in [2.75, 3.05) is 32.8 Å². The van der Waals surface area contributed by atoms with Gasteiger partial charge < -0.3 is 23.8 Å². The molecule has 1 amide bonds. The molecular weight excluding hydrogens is 667 g/mol. The first kappa shape index (κ1) is 29.3. The maximum Gasteiger partial charge on any atom is 0.325 e. The van der Waals surface area contributed by atoms with Crippen LogP contribution >= 0.6 is 34.8 Å². The summed E-state index contributed by atoms with van der Waals surface area (Å²) in [6.45, 7) is 0.130. The molecule has 5 rings (SSSR count). The molecule has 42 heavy (non-hydrogen) atoms. The van der Waals surface area contributed by atoms with Gasteiger partial charge in [0.1, 0.15) is 24.6 Å². The topological polar surface area (TPSA) is 77.5 Å². The molecule has 0 radical (unpaired) electrons. The van der Waals surface area contributed by atoms with Crippen molar-refractivity contribution >= 4 is 74.3 Å². The number of fused-ring (bicyclic) bond motifs is 1. The Morgan fingerprint density at radius 1 is 0.952 bits per heavy atom. The lowest BCUT2D eigenvalue weighted by atomic mass is 10.1. The SMILES string of the molecule is COC(=O)CN1C(=S)N(c2ccc(OC)cc2)C(=O)/C1=C/c1cc(I)c(OCc2cccc3ccccc23)c(OC)c1. The number of nitrogens with zero attached hydrogens (tertiary/aromatic N) is 2. The molecule has 0 N–H and O–H groups in total. The van der Waals surface area contributed by atoms with E-state index in [1.807, 2.05) is 30.3 Å². The van der Waals surface area contributed by atoms with Gasteiger partial charge in [-0.3, -0.25) is 14.5 Å². The predicted octanol–water partition coefficient (Wildman–Crippen LogP) is 6.19. The van der Waals surface area contributed by atoms with Crippen LogP contribution in [0.2, 0.25) is 0 Å². The van der Waals surface area contributed by atoms with Gasteiger partial charge in [0, 0.05) is 0 Å². The zero-order valence-electron chi connectivity index (χ0n) is 23.1. The van der Waals surface area contributed by atoms with E-state index >= 15 is 0 Å². The van der Waals surface area contributed by atoms with Crippen LogP contribution in [0.5, 0.6) is 17.2 Å². The van der Waals surface area contributed by atoms with Crippen molar-refractivity contribution in [1.82, 2.24) is 4.90 Å². The van der Waals surface area contributed by atoms with Crippen LogP contribution in [0, 0.1) is 3.57 Å². The zero-order valence-corrected chi connectivity index (χ0v) is 26.1. The number of thiocarbonyl (C=S) groups is 1. The summed E-state index contributed by atoms with van der Waals surface area (Å²) in [7, 11) is 4.42. The summed E-state index contributed by atoms with van der Waals surface area (Å²) in [6.07, 6.45) is 1.68. The van der Waals surface area contributed by atoms with E-state index in [1.165, 1.54) is 16.9 Å². The molecule has 1 heterocycles. The molecule has 0 bridgehead atoms. The smallest absolute Gasteiger partial charge is 0.325 e. The van der Waals surface area contributed by atoms with Crippen molar-refractivity contribution < 1.29 is 28.5 Å². The average molecular weight is 695 g/mol. The van der Waals surface area contributed by atoms with Crippen LogP contribution in [0.1, 0.15) is 11.1 Å². The second kappa shape index (κ2) is 12.8. The molecule has 0 saturated carbocycles. The minimum Gasteiger partial charge on any atom is -0.497 e. The Morgan fingerprint density at radius 3 is 2.40 bits per heavy atom. The summed E-state index contributed by atoms with van der Waals surface area (Å²) in [5, 5.41) is 2.43. The van der Waals surface area contributed by atoms with E-state index in [1.54, 1.807) is 50.6 Å². The summed E-state index contributed by atoms with van der Waals surface area (Å²) >= 11 is 7.84. The molecule has 1 aliphatic rings. The third-order valence-electron chi connectivity index (χ3n) is 6.79. The predicted molar refractivity (Wildman–Crippen MR) is 174 cm³/mol. The number of anilines is 1. The monoisotopic (exact) mass is 694 g/mol. The highest BCUT2D eigenvalue weighted by molar-refractivity contribution is 14.1. The first-order valence-electron chi connectivity index (χ1n) is 12.9. The van der Waals surface area contributed by atoms with Gasteiger partial charge in [-0.2, -0.15) is 0 Å². The number of hydrogen-bond acceptors (Lipinski definition) is 7. The lowest BCUT2D eigenvalue weighted by molar-refractivity contribution is -0.140. The van der Waals surface area contributed by atoms with Crippen LogP contribution in [0.3, 0.4) is 0 Å². The van der Waals surface area contributed by atoms with Crippen LogP contribution in [0.15, 0.2) is 84.6 Å². The van der Waals surface area contributed by atoms with Gasteiger partial charge in [-0.1, -0.05) is 42.5 Å². The number of ether oxygens (including phenoxy) is 4. The van der Waals surface area contributed by atoms with Gasteiger partial charge in [0.15, 0.2) is 16.6 Å². The largest absolute Gasteiger partial charge is 0.497 e. The number of carbonyl (C=O) groups excluding carboxylic acids is 2. The van der Waals surface area contributed by atoms with Gasteiger partial charge in [-0.25, -0.2) is 0 Å². The first-order chi connectivity index (χ1) is 20.3. The number of amides is 1. The minimum atomic E-state index is -0.531. The second-order valence-corrected chi connectivity index (χ2v) is 10.8. The van der Waals surface area contributed by atoms with Crippen LogP contribution < -0.4 is 19.1 Å². The highest BCUT2D eigenvalue weighted by Gasteiger charge is 2.40. The Hall–Kier alpha value is -4.16. The third kappa shape index (κ3) is 5.90.